The van der Waals surface area contributed by atoms with Crippen LogP contribution in [0, 0.1) is 0 Å². The topological polar surface area (TPSA) is 18.5 Å². The molecule has 0 saturated carbocycles. The molecule has 4 heteroatoms. The van der Waals surface area contributed by atoms with E-state index < -0.39 is 0 Å². The molecule has 1 fully saturated rings. The molecule has 0 atom stereocenters. The Morgan fingerprint density at radius 2 is 1.76 bits per heavy atom. The van der Waals surface area contributed by atoms with Crippen molar-refractivity contribution < 1.29 is 0 Å². The monoisotopic (exact) mass is 309 g/mol. The molecule has 0 aromatic heterocycles. The highest BCUT2D eigenvalue weighted by Crippen LogP contribution is 2.28. The molecule has 1 saturated heterocycles. The maximum Gasteiger partial charge on any atom is 0.0471 e. The zero-order valence-corrected chi connectivity index (χ0v) is 14.5. The van der Waals surface area contributed by atoms with E-state index >= 15 is 0 Å². The molecule has 0 amide bonds. The van der Waals surface area contributed by atoms with Crippen LogP contribution in [-0.4, -0.2) is 43.2 Å². The lowest BCUT2D eigenvalue weighted by Gasteiger charge is -2.39. The summed E-state index contributed by atoms with van der Waals surface area (Å²) < 4.78 is 0. The van der Waals surface area contributed by atoms with Crippen LogP contribution in [0.1, 0.15) is 33.3 Å². The van der Waals surface area contributed by atoms with Gasteiger partial charge < -0.3 is 10.2 Å². The lowest BCUT2D eigenvalue weighted by atomic mass is 10.1. The zero-order chi connectivity index (χ0) is 15.4. The van der Waals surface area contributed by atoms with Crippen LogP contribution < -0.4 is 10.2 Å². The summed E-state index contributed by atoms with van der Waals surface area (Å²) in [5, 5.41) is 4.36. The van der Waals surface area contributed by atoms with Gasteiger partial charge in [-0.1, -0.05) is 31.5 Å². The minimum absolute atomic E-state index is 0.465. The van der Waals surface area contributed by atoms with E-state index in [9.17, 15) is 0 Å². The van der Waals surface area contributed by atoms with E-state index in [1.807, 2.05) is 6.07 Å². The third kappa shape index (κ3) is 4.35. The van der Waals surface area contributed by atoms with Crippen molar-refractivity contribution in [1.82, 2.24) is 10.2 Å². The maximum absolute atomic E-state index is 6.43. The van der Waals surface area contributed by atoms with Crippen molar-refractivity contribution in [2.75, 3.05) is 31.1 Å². The van der Waals surface area contributed by atoms with Crippen molar-refractivity contribution in [3.05, 3.63) is 28.8 Å². The van der Waals surface area contributed by atoms with Gasteiger partial charge in [0.05, 0.1) is 0 Å². The van der Waals surface area contributed by atoms with Crippen molar-refractivity contribution in [3.8, 4) is 0 Å². The number of nitrogens with one attached hydrogen (secondary N) is 1. The van der Waals surface area contributed by atoms with Gasteiger partial charge in [0, 0.05) is 61.1 Å². The van der Waals surface area contributed by atoms with Gasteiger partial charge in [-0.25, -0.2) is 0 Å². The summed E-state index contributed by atoms with van der Waals surface area (Å²) >= 11 is 6.43. The Morgan fingerprint density at radius 1 is 1.10 bits per heavy atom. The lowest BCUT2D eigenvalue weighted by Crippen LogP contribution is -2.49. The van der Waals surface area contributed by atoms with Crippen LogP contribution in [0.15, 0.2) is 18.2 Å². The minimum atomic E-state index is 0.465. The predicted molar refractivity (Wildman–Crippen MR) is 92.3 cm³/mol. The largest absolute Gasteiger partial charge is 0.369 e. The predicted octanol–water partition coefficient (Wildman–Crippen LogP) is 3.37. The Hall–Kier alpha value is -0.770. The first-order chi connectivity index (χ1) is 9.99. The Morgan fingerprint density at radius 3 is 2.33 bits per heavy atom. The number of benzene rings is 1. The van der Waals surface area contributed by atoms with E-state index in [1.165, 1.54) is 11.3 Å². The van der Waals surface area contributed by atoms with Gasteiger partial charge in [-0.2, -0.15) is 0 Å². The van der Waals surface area contributed by atoms with Crippen LogP contribution in [0.2, 0.25) is 5.02 Å². The molecule has 118 valence electrons. The third-order valence-electron chi connectivity index (χ3n) is 4.17. The van der Waals surface area contributed by atoms with Gasteiger partial charge in [-0.15, -0.1) is 0 Å². The standard InChI is InChI=1S/C17H28ClN3/c1-13(2)19-12-15-16(18)6-5-7-17(15)21-10-8-20(9-11-21)14(3)4/h5-7,13-14,19H,8-12H2,1-4H3. The van der Waals surface area contributed by atoms with E-state index in [0.29, 0.717) is 12.1 Å². The van der Waals surface area contributed by atoms with E-state index in [0.717, 1.165) is 37.7 Å². The summed E-state index contributed by atoms with van der Waals surface area (Å²) in [4.78, 5) is 5.01. The minimum Gasteiger partial charge on any atom is -0.369 e. The van der Waals surface area contributed by atoms with Crippen LogP contribution in [0.4, 0.5) is 5.69 Å². The first-order valence-corrected chi connectivity index (χ1v) is 8.36. The average Bonchev–Trinajstić information content (AvgIpc) is 2.45. The number of hydrogen-bond acceptors (Lipinski definition) is 3. The van der Waals surface area contributed by atoms with E-state index in [2.05, 4.69) is 54.9 Å². The Balaban J connectivity index is 2.11. The summed E-state index contributed by atoms with van der Waals surface area (Å²) in [5.41, 5.74) is 2.52. The van der Waals surface area contributed by atoms with Gasteiger partial charge in [0.2, 0.25) is 0 Å². The first-order valence-electron chi connectivity index (χ1n) is 7.98. The van der Waals surface area contributed by atoms with Crippen LogP contribution in [0.3, 0.4) is 0 Å². The van der Waals surface area contributed by atoms with Crippen molar-refractivity contribution in [1.29, 1.82) is 0 Å². The van der Waals surface area contributed by atoms with Gasteiger partial charge in [0.1, 0.15) is 0 Å². The number of anilines is 1. The van der Waals surface area contributed by atoms with E-state index in [1.54, 1.807) is 0 Å². The molecule has 0 aliphatic carbocycles. The van der Waals surface area contributed by atoms with E-state index in [4.69, 9.17) is 11.6 Å². The van der Waals surface area contributed by atoms with Crippen molar-refractivity contribution in [2.45, 2.75) is 46.3 Å². The smallest absolute Gasteiger partial charge is 0.0471 e. The molecule has 21 heavy (non-hydrogen) atoms. The van der Waals surface area contributed by atoms with Crippen LogP contribution >= 0.6 is 11.6 Å². The van der Waals surface area contributed by atoms with E-state index in [-0.39, 0.29) is 0 Å². The fourth-order valence-electron chi connectivity index (χ4n) is 2.80. The maximum atomic E-state index is 6.43. The molecule has 1 N–H and O–H groups in total. The van der Waals surface area contributed by atoms with Gasteiger partial charge in [0.15, 0.2) is 0 Å². The Bertz CT molecular complexity index is 451. The highest BCUT2D eigenvalue weighted by atomic mass is 35.5. The molecule has 0 bridgehead atoms. The SMILES string of the molecule is CC(C)NCc1c(Cl)cccc1N1CCN(C(C)C)CC1. The fourth-order valence-corrected chi connectivity index (χ4v) is 3.04. The molecule has 0 radical (unpaired) electrons. The first kappa shape index (κ1) is 16.6. The second-order valence-electron chi connectivity index (χ2n) is 6.39. The van der Waals surface area contributed by atoms with Gasteiger partial charge >= 0.3 is 0 Å². The lowest BCUT2D eigenvalue weighted by molar-refractivity contribution is 0.209. The summed E-state index contributed by atoms with van der Waals surface area (Å²) in [6, 6.07) is 7.35. The molecule has 1 aromatic rings. The number of hydrogen-bond donors (Lipinski definition) is 1. The van der Waals surface area contributed by atoms with Crippen molar-refractivity contribution in [2.24, 2.45) is 0 Å². The molecule has 0 spiro atoms. The Labute approximate surface area is 134 Å². The van der Waals surface area contributed by atoms with Gasteiger partial charge in [-0.3, -0.25) is 4.90 Å². The number of halogens is 1. The quantitative estimate of drug-likeness (QED) is 0.899. The fraction of sp³-hybridized carbons (Fsp3) is 0.647. The average molecular weight is 310 g/mol. The third-order valence-corrected chi connectivity index (χ3v) is 4.52. The van der Waals surface area contributed by atoms with Crippen LogP contribution in [0.5, 0.6) is 0 Å². The number of piperazine rings is 1. The highest BCUT2D eigenvalue weighted by molar-refractivity contribution is 6.31. The number of nitrogens with zero attached hydrogens (tertiary/aromatic N) is 2. The molecule has 1 aliphatic heterocycles. The zero-order valence-electron chi connectivity index (χ0n) is 13.7. The second kappa shape index (κ2) is 7.48. The van der Waals surface area contributed by atoms with Crippen molar-refractivity contribution >= 4 is 17.3 Å². The van der Waals surface area contributed by atoms with Crippen molar-refractivity contribution in [3.63, 3.8) is 0 Å². The normalized spacial score (nSPS) is 17.0. The summed E-state index contributed by atoms with van der Waals surface area (Å²) in [5.74, 6) is 0. The summed E-state index contributed by atoms with van der Waals surface area (Å²) in [6.45, 7) is 14.1. The number of rotatable bonds is 5. The van der Waals surface area contributed by atoms with Gasteiger partial charge in [-0.05, 0) is 26.0 Å². The molecule has 0 unspecified atom stereocenters. The van der Waals surface area contributed by atoms with Crippen LogP contribution in [0.25, 0.3) is 0 Å². The van der Waals surface area contributed by atoms with Crippen LogP contribution in [-0.2, 0) is 6.54 Å². The molecule has 1 aliphatic rings. The molecule has 1 heterocycles. The summed E-state index contributed by atoms with van der Waals surface area (Å²) in [6.07, 6.45) is 0. The second-order valence-corrected chi connectivity index (χ2v) is 6.80. The summed E-state index contributed by atoms with van der Waals surface area (Å²) in [7, 11) is 0. The molecule has 1 aromatic carbocycles. The molecule has 3 nitrogen and oxygen atoms in total. The van der Waals surface area contributed by atoms with Gasteiger partial charge in [0.25, 0.3) is 0 Å². The highest BCUT2D eigenvalue weighted by Gasteiger charge is 2.21. The molecular weight excluding hydrogens is 282 g/mol. The Kier molecular flexibility index (Phi) is 5.91. The molecule has 2 rings (SSSR count). The molecular formula is C17H28ClN3.